The van der Waals surface area contributed by atoms with Crippen LogP contribution in [0.4, 0.5) is 0 Å². The molecule has 0 aliphatic heterocycles. The van der Waals surface area contributed by atoms with Gasteiger partial charge in [0.2, 0.25) is 0 Å². The van der Waals surface area contributed by atoms with Gasteiger partial charge in [0, 0.05) is 10.5 Å². The van der Waals surface area contributed by atoms with E-state index in [-0.39, 0.29) is 4.90 Å². The Labute approximate surface area is 215 Å². The number of benzene rings is 4. The van der Waals surface area contributed by atoms with Crippen LogP contribution in [0.2, 0.25) is 0 Å². The molecule has 6 nitrogen and oxygen atoms in total. The summed E-state index contributed by atoms with van der Waals surface area (Å²) >= 11 is 0.739. The minimum atomic E-state index is -4.50. The molecule has 2 N–H and O–H groups in total. The summed E-state index contributed by atoms with van der Waals surface area (Å²) in [5, 5.41) is 12.2. The highest BCUT2D eigenvalue weighted by Gasteiger charge is 2.20. The molecule has 4 aromatic rings. The Morgan fingerprint density at radius 1 is 0.722 bits per heavy atom. The molecule has 0 unspecified atom stereocenters. The van der Waals surface area contributed by atoms with Crippen LogP contribution in [-0.2, 0) is 32.3 Å². The van der Waals surface area contributed by atoms with Gasteiger partial charge in [-0.05, 0) is 72.2 Å². The van der Waals surface area contributed by atoms with Gasteiger partial charge in [-0.2, -0.15) is 8.42 Å². The van der Waals surface area contributed by atoms with Crippen LogP contribution >= 0.6 is 12.0 Å². The minimum Gasteiger partial charge on any atom is -0.282 e. The first-order valence-electron chi connectivity index (χ1n) is 11.3. The van der Waals surface area contributed by atoms with Gasteiger partial charge in [0.15, 0.2) is 0 Å². The van der Waals surface area contributed by atoms with E-state index in [9.17, 15) is 13.0 Å². The van der Waals surface area contributed by atoms with E-state index in [1.807, 2.05) is 19.1 Å². The normalized spacial score (nSPS) is 11.6. The summed E-state index contributed by atoms with van der Waals surface area (Å²) in [6.45, 7) is 3.93. The fourth-order valence-corrected chi connectivity index (χ4v) is 5.39. The smallest absolute Gasteiger partial charge is 0.282 e. The predicted octanol–water partition coefficient (Wildman–Crippen LogP) is 7.10. The lowest BCUT2D eigenvalue weighted by Crippen LogP contribution is -2.03. The number of hydrogen-bond acceptors (Lipinski definition) is 6. The first kappa shape index (κ1) is 26.1. The van der Waals surface area contributed by atoms with Gasteiger partial charge < -0.3 is 0 Å². The summed E-state index contributed by atoms with van der Waals surface area (Å²) in [4.78, 5) is 0.334. The standard InChI is InChI=1S/C28H26O6S2/c1-19-3-11-23(12-4-19)24-13-8-21(9-14-24)6-7-22-10-16-26(28(18-22)36(30,31)32)25-15-5-20(2)17-27(25)35-34-33-29/h3-5,8-18,29H,6-7H2,1-2H3,(H,30,31,32). The van der Waals surface area contributed by atoms with E-state index in [0.29, 0.717) is 28.9 Å². The third-order valence-electron chi connectivity index (χ3n) is 5.95. The molecule has 4 aromatic carbocycles. The SMILES string of the molecule is Cc1ccc(-c2ccc(CCc3ccc(-c4ccc(C)cc4SOOO)c(S(=O)(=O)O)c3)cc2)cc1. The molecule has 4 rings (SSSR count). The lowest BCUT2D eigenvalue weighted by atomic mass is 9.98. The highest BCUT2D eigenvalue weighted by atomic mass is 32.2. The largest absolute Gasteiger partial charge is 0.295 e. The topological polar surface area (TPSA) is 93.1 Å². The molecule has 0 fully saturated rings. The van der Waals surface area contributed by atoms with E-state index >= 15 is 0 Å². The van der Waals surface area contributed by atoms with E-state index < -0.39 is 10.1 Å². The molecule has 0 aliphatic carbocycles. The van der Waals surface area contributed by atoms with Crippen LogP contribution in [0.5, 0.6) is 0 Å². The molecule has 0 aromatic heterocycles. The maximum Gasteiger partial charge on any atom is 0.295 e. The maximum atomic E-state index is 12.3. The van der Waals surface area contributed by atoms with Crippen LogP contribution in [0, 0.1) is 13.8 Å². The third-order valence-corrected chi connectivity index (χ3v) is 7.49. The van der Waals surface area contributed by atoms with Crippen molar-refractivity contribution in [2.24, 2.45) is 0 Å². The van der Waals surface area contributed by atoms with Crippen molar-refractivity contribution in [2.75, 3.05) is 0 Å². The Bertz CT molecular complexity index is 1450. The van der Waals surface area contributed by atoms with E-state index in [2.05, 4.69) is 64.8 Å². The zero-order chi connectivity index (χ0) is 25.7. The molecule has 0 radical (unpaired) electrons. The van der Waals surface area contributed by atoms with Gasteiger partial charge in [0.1, 0.15) is 4.90 Å². The molecule has 186 valence electrons. The Balaban J connectivity index is 1.57. The molecule has 36 heavy (non-hydrogen) atoms. The fraction of sp³-hybridized carbons (Fsp3) is 0.143. The van der Waals surface area contributed by atoms with Crippen LogP contribution in [0.1, 0.15) is 22.3 Å². The Hall–Kier alpha value is -2.98. The Kier molecular flexibility index (Phi) is 8.25. The Morgan fingerprint density at radius 3 is 1.92 bits per heavy atom. The van der Waals surface area contributed by atoms with E-state index in [1.54, 1.807) is 18.2 Å². The van der Waals surface area contributed by atoms with E-state index in [1.165, 1.54) is 11.6 Å². The molecule has 0 heterocycles. The number of rotatable bonds is 9. The van der Waals surface area contributed by atoms with Crippen molar-refractivity contribution in [3.05, 3.63) is 107 Å². The monoisotopic (exact) mass is 522 g/mol. The second kappa shape index (κ2) is 11.4. The summed E-state index contributed by atoms with van der Waals surface area (Å²) < 4.78 is 39.1. The second-order valence-corrected chi connectivity index (χ2v) is 10.7. The first-order chi connectivity index (χ1) is 17.2. The Morgan fingerprint density at radius 2 is 1.28 bits per heavy atom. The molecule has 0 amide bonds. The summed E-state index contributed by atoms with van der Waals surface area (Å²) in [7, 11) is -4.50. The average molecular weight is 523 g/mol. The predicted molar refractivity (Wildman–Crippen MR) is 141 cm³/mol. The van der Waals surface area contributed by atoms with Gasteiger partial charge in [-0.25, -0.2) is 5.26 Å². The molecular weight excluding hydrogens is 496 g/mol. The summed E-state index contributed by atoms with van der Waals surface area (Å²) in [6, 6.07) is 27.0. The highest BCUT2D eigenvalue weighted by Crippen LogP contribution is 2.37. The van der Waals surface area contributed by atoms with Gasteiger partial charge in [0.25, 0.3) is 10.1 Å². The van der Waals surface area contributed by atoms with Crippen molar-refractivity contribution in [1.29, 1.82) is 0 Å². The van der Waals surface area contributed by atoms with E-state index in [4.69, 9.17) is 5.26 Å². The zero-order valence-electron chi connectivity index (χ0n) is 19.8. The van der Waals surface area contributed by atoms with E-state index in [0.717, 1.165) is 39.9 Å². The molecule has 0 saturated heterocycles. The van der Waals surface area contributed by atoms with Crippen molar-refractivity contribution < 1.29 is 27.6 Å². The number of aryl methyl sites for hydroxylation is 4. The van der Waals surface area contributed by atoms with Crippen LogP contribution in [-0.4, -0.2) is 18.2 Å². The lowest BCUT2D eigenvalue weighted by molar-refractivity contribution is -0.432. The van der Waals surface area contributed by atoms with Crippen LogP contribution in [0.25, 0.3) is 22.3 Å². The van der Waals surface area contributed by atoms with Gasteiger partial charge in [-0.15, -0.1) is 4.33 Å². The van der Waals surface area contributed by atoms with Crippen molar-refractivity contribution in [1.82, 2.24) is 0 Å². The highest BCUT2D eigenvalue weighted by molar-refractivity contribution is 7.94. The van der Waals surface area contributed by atoms with Gasteiger partial charge in [-0.3, -0.25) is 4.55 Å². The molecule has 0 saturated carbocycles. The van der Waals surface area contributed by atoms with Crippen molar-refractivity contribution >= 4 is 22.2 Å². The van der Waals surface area contributed by atoms with Crippen molar-refractivity contribution in [3.8, 4) is 22.3 Å². The summed E-state index contributed by atoms with van der Waals surface area (Å²) in [6.07, 6.45) is 1.31. The van der Waals surface area contributed by atoms with Crippen molar-refractivity contribution in [3.63, 3.8) is 0 Å². The maximum absolute atomic E-state index is 12.3. The quantitative estimate of drug-likeness (QED) is 0.105. The summed E-state index contributed by atoms with van der Waals surface area (Å²) in [5.74, 6) is 0. The average Bonchev–Trinajstić information content (AvgIpc) is 2.86. The van der Waals surface area contributed by atoms with Gasteiger partial charge >= 0.3 is 0 Å². The third kappa shape index (κ3) is 6.41. The van der Waals surface area contributed by atoms with Gasteiger partial charge in [-0.1, -0.05) is 83.4 Å². The molecule has 8 heteroatoms. The van der Waals surface area contributed by atoms with Gasteiger partial charge in [0.05, 0.1) is 12.0 Å². The fourth-order valence-electron chi connectivity index (χ4n) is 4.03. The lowest BCUT2D eigenvalue weighted by Gasteiger charge is -2.14. The molecule has 0 bridgehead atoms. The molecule has 0 aliphatic rings. The van der Waals surface area contributed by atoms with Crippen molar-refractivity contribution in [2.45, 2.75) is 36.5 Å². The van der Waals surface area contributed by atoms with Crippen LogP contribution in [0.3, 0.4) is 0 Å². The molecule has 0 spiro atoms. The first-order valence-corrected chi connectivity index (χ1v) is 13.4. The number of hydrogen-bond donors (Lipinski definition) is 2. The molecular formula is C28H26O6S2. The second-order valence-electron chi connectivity index (χ2n) is 8.59. The summed E-state index contributed by atoms with van der Waals surface area (Å²) in [5.41, 5.74) is 7.18. The molecule has 0 atom stereocenters. The van der Waals surface area contributed by atoms with Crippen LogP contribution < -0.4 is 0 Å². The van der Waals surface area contributed by atoms with Crippen LogP contribution in [0.15, 0.2) is 94.7 Å². The minimum absolute atomic E-state index is 0.190. The zero-order valence-corrected chi connectivity index (χ0v) is 21.5.